The predicted octanol–water partition coefficient (Wildman–Crippen LogP) is 5.58. The van der Waals surface area contributed by atoms with Crippen LogP contribution in [0.3, 0.4) is 0 Å². The van der Waals surface area contributed by atoms with E-state index in [1.54, 1.807) is 12.1 Å². The number of nitrogens with one attached hydrogen (secondary N) is 1. The molecule has 0 unspecified atom stereocenters. The van der Waals surface area contributed by atoms with Gasteiger partial charge in [-0.05, 0) is 24.3 Å². The van der Waals surface area contributed by atoms with Crippen molar-refractivity contribution in [1.82, 2.24) is 9.88 Å². The number of anilines is 3. The molecule has 1 N–H and O–H groups in total. The standard InChI is InChI=1S/C27H25FN4OS/c28-22-13-7-8-14-23(22)31-15-17-32(18-16-31)25(33)19-24-26(20-9-3-1-4-10-20)30-27(34-24)29-21-11-5-2-6-12-21/h1-14H,15-19H2,(H,29,30). The zero-order chi connectivity index (χ0) is 23.3. The minimum Gasteiger partial charge on any atom is -0.366 e. The molecule has 1 amide bonds. The molecule has 0 radical (unpaired) electrons. The largest absolute Gasteiger partial charge is 0.366 e. The van der Waals surface area contributed by atoms with Gasteiger partial charge in [-0.25, -0.2) is 9.37 Å². The molecule has 172 valence electrons. The van der Waals surface area contributed by atoms with Crippen LogP contribution in [-0.4, -0.2) is 42.0 Å². The number of rotatable bonds is 6. The van der Waals surface area contributed by atoms with Crippen LogP contribution in [0.25, 0.3) is 11.3 Å². The molecule has 2 heterocycles. The molecule has 7 heteroatoms. The van der Waals surface area contributed by atoms with E-state index in [4.69, 9.17) is 4.98 Å². The van der Waals surface area contributed by atoms with Crippen molar-refractivity contribution in [2.24, 2.45) is 0 Å². The van der Waals surface area contributed by atoms with Gasteiger partial charge in [0.15, 0.2) is 5.13 Å². The summed E-state index contributed by atoms with van der Waals surface area (Å²) in [5, 5.41) is 4.12. The quantitative estimate of drug-likeness (QED) is 0.398. The smallest absolute Gasteiger partial charge is 0.228 e. The Hall–Kier alpha value is -3.71. The monoisotopic (exact) mass is 472 g/mol. The number of nitrogens with zero attached hydrogens (tertiary/aromatic N) is 3. The number of hydrogen-bond donors (Lipinski definition) is 1. The van der Waals surface area contributed by atoms with Gasteiger partial charge in [-0.15, -0.1) is 11.3 Å². The van der Waals surface area contributed by atoms with Crippen LogP contribution in [0.1, 0.15) is 4.88 Å². The van der Waals surface area contributed by atoms with Crippen molar-refractivity contribution in [1.29, 1.82) is 0 Å². The van der Waals surface area contributed by atoms with Crippen LogP contribution < -0.4 is 10.2 Å². The molecule has 1 aromatic heterocycles. The Morgan fingerprint density at radius 1 is 0.882 bits per heavy atom. The fourth-order valence-corrected chi connectivity index (χ4v) is 5.14. The highest BCUT2D eigenvalue weighted by molar-refractivity contribution is 7.16. The Balaban J connectivity index is 1.31. The van der Waals surface area contributed by atoms with Crippen LogP contribution in [0, 0.1) is 5.82 Å². The van der Waals surface area contributed by atoms with Crippen LogP contribution in [0.15, 0.2) is 84.9 Å². The minimum absolute atomic E-state index is 0.0697. The van der Waals surface area contributed by atoms with E-state index in [0.717, 1.165) is 27.0 Å². The molecular weight excluding hydrogens is 447 g/mol. The lowest BCUT2D eigenvalue weighted by Gasteiger charge is -2.36. The average Bonchev–Trinajstić information content (AvgIpc) is 3.27. The summed E-state index contributed by atoms with van der Waals surface area (Å²) < 4.78 is 14.1. The molecule has 34 heavy (non-hydrogen) atoms. The van der Waals surface area contributed by atoms with Gasteiger partial charge in [0.25, 0.3) is 0 Å². The van der Waals surface area contributed by atoms with Crippen molar-refractivity contribution in [2.45, 2.75) is 6.42 Å². The fraction of sp³-hybridized carbons (Fsp3) is 0.185. The number of benzene rings is 3. The SMILES string of the molecule is O=C(Cc1sc(Nc2ccccc2)nc1-c1ccccc1)N1CCN(c2ccccc2F)CC1. The molecule has 5 nitrogen and oxygen atoms in total. The average molecular weight is 473 g/mol. The molecular formula is C27H25FN4OS. The van der Waals surface area contributed by atoms with E-state index in [1.165, 1.54) is 17.4 Å². The van der Waals surface area contributed by atoms with Gasteiger partial charge in [-0.1, -0.05) is 60.7 Å². The van der Waals surface area contributed by atoms with Crippen molar-refractivity contribution in [3.05, 3.63) is 95.6 Å². The van der Waals surface area contributed by atoms with Crippen LogP contribution in [0.5, 0.6) is 0 Å². The molecule has 0 spiro atoms. The first-order valence-corrected chi connectivity index (χ1v) is 12.1. The summed E-state index contributed by atoms with van der Waals surface area (Å²) in [6.45, 7) is 2.37. The maximum atomic E-state index is 14.1. The predicted molar refractivity (Wildman–Crippen MR) is 136 cm³/mol. The molecule has 1 saturated heterocycles. The lowest BCUT2D eigenvalue weighted by Crippen LogP contribution is -2.49. The van der Waals surface area contributed by atoms with Gasteiger partial charge in [0.2, 0.25) is 5.91 Å². The number of para-hydroxylation sites is 2. The second-order valence-corrected chi connectivity index (χ2v) is 9.23. The van der Waals surface area contributed by atoms with Gasteiger partial charge < -0.3 is 15.1 Å². The summed E-state index contributed by atoms with van der Waals surface area (Å²) >= 11 is 1.51. The van der Waals surface area contributed by atoms with Crippen LogP contribution >= 0.6 is 11.3 Å². The summed E-state index contributed by atoms with van der Waals surface area (Å²) in [6, 6.07) is 26.7. The Morgan fingerprint density at radius 3 is 2.24 bits per heavy atom. The third kappa shape index (κ3) is 4.94. The van der Waals surface area contributed by atoms with Crippen LogP contribution in [0.2, 0.25) is 0 Å². The Kier molecular flexibility index (Phi) is 6.53. The molecule has 1 aliphatic rings. The highest BCUT2D eigenvalue weighted by atomic mass is 32.1. The lowest BCUT2D eigenvalue weighted by molar-refractivity contribution is -0.130. The summed E-state index contributed by atoms with van der Waals surface area (Å²) in [5.41, 5.74) is 3.38. The van der Waals surface area contributed by atoms with Crippen molar-refractivity contribution < 1.29 is 9.18 Å². The summed E-state index contributed by atoms with van der Waals surface area (Å²) in [6.07, 6.45) is 0.290. The van der Waals surface area contributed by atoms with E-state index in [-0.39, 0.29) is 18.1 Å². The maximum Gasteiger partial charge on any atom is 0.228 e. The van der Waals surface area contributed by atoms with Crippen molar-refractivity contribution >= 4 is 33.8 Å². The topological polar surface area (TPSA) is 48.5 Å². The second-order valence-electron chi connectivity index (χ2n) is 8.14. The number of thiazole rings is 1. The second kappa shape index (κ2) is 10.1. The zero-order valence-electron chi connectivity index (χ0n) is 18.7. The van der Waals surface area contributed by atoms with Gasteiger partial charge in [-0.3, -0.25) is 4.79 Å². The van der Waals surface area contributed by atoms with Gasteiger partial charge in [-0.2, -0.15) is 0 Å². The normalized spacial score (nSPS) is 13.7. The Morgan fingerprint density at radius 2 is 1.53 bits per heavy atom. The number of carbonyl (C=O) groups is 1. The zero-order valence-corrected chi connectivity index (χ0v) is 19.5. The Labute approximate surface area is 202 Å². The van der Waals surface area contributed by atoms with Crippen molar-refractivity contribution in [3.8, 4) is 11.3 Å². The molecule has 0 bridgehead atoms. The fourth-order valence-electron chi connectivity index (χ4n) is 4.15. The molecule has 3 aromatic carbocycles. The van der Waals surface area contributed by atoms with E-state index in [1.807, 2.05) is 76.5 Å². The third-order valence-electron chi connectivity index (χ3n) is 5.91. The van der Waals surface area contributed by atoms with Gasteiger partial charge in [0, 0.05) is 42.3 Å². The van der Waals surface area contributed by atoms with E-state index < -0.39 is 0 Å². The maximum absolute atomic E-state index is 14.1. The third-order valence-corrected chi connectivity index (χ3v) is 6.88. The molecule has 1 fully saturated rings. The van der Waals surface area contributed by atoms with Gasteiger partial charge >= 0.3 is 0 Å². The number of hydrogen-bond acceptors (Lipinski definition) is 5. The Bertz CT molecular complexity index is 1250. The van der Waals surface area contributed by atoms with E-state index in [9.17, 15) is 9.18 Å². The van der Waals surface area contributed by atoms with Crippen molar-refractivity contribution in [2.75, 3.05) is 36.4 Å². The molecule has 4 aromatic rings. The first-order valence-electron chi connectivity index (χ1n) is 11.3. The van der Waals surface area contributed by atoms with Crippen LogP contribution in [-0.2, 0) is 11.2 Å². The van der Waals surface area contributed by atoms with E-state index >= 15 is 0 Å². The first kappa shape index (κ1) is 22.1. The number of carbonyl (C=O) groups excluding carboxylic acids is 1. The molecule has 1 aliphatic heterocycles. The highest BCUT2D eigenvalue weighted by Gasteiger charge is 2.25. The number of piperazine rings is 1. The number of halogens is 1. The van der Waals surface area contributed by atoms with Gasteiger partial charge in [0.05, 0.1) is 17.8 Å². The van der Waals surface area contributed by atoms with Gasteiger partial charge in [0.1, 0.15) is 5.82 Å². The minimum atomic E-state index is -0.224. The lowest BCUT2D eigenvalue weighted by atomic mass is 10.1. The number of aromatic nitrogens is 1. The van der Waals surface area contributed by atoms with Crippen molar-refractivity contribution in [3.63, 3.8) is 0 Å². The van der Waals surface area contributed by atoms with E-state index in [0.29, 0.717) is 31.9 Å². The first-order chi connectivity index (χ1) is 16.7. The summed E-state index contributed by atoms with van der Waals surface area (Å²) in [4.78, 5) is 22.9. The highest BCUT2D eigenvalue weighted by Crippen LogP contribution is 2.33. The number of amides is 1. The molecule has 0 atom stereocenters. The summed E-state index contributed by atoms with van der Waals surface area (Å²) in [7, 11) is 0. The van der Waals surface area contributed by atoms with Crippen LogP contribution in [0.4, 0.5) is 20.9 Å². The molecule has 0 aliphatic carbocycles. The molecule has 5 rings (SSSR count). The summed E-state index contributed by atoms with van der Waals surface area (Å²) in [5.74, 6) is -0.154. The molecule has 0 saturated carbocycles. The van der Waals surface area contributed by atoms with E-state index in [2.05, 4.69) is 5.32 Å².